The van der Waals surface area contributed by atoms with Crippen LogP contribution in [-0.2, 0) is 6.42 Å². The van der Waals surface area contributed by atoms with Crippen LogP contribution in [0.2, 0.25) is 0 Å². The Morgan fingerprint density at radius 3 is 2.67 bits per heavy atom. The highest BCUT2D eigenvalue weighted by atomic mass is 32.1. The van der Waals surface area contributed by atoms with Gasteiger partial charge in [-0.05, 0) is 56.2 Å². The Morgan fingerprint density at radius 2 is 2.03 bits per heavy atom. The van der Waals surface area contributed by atoms with Crippen molar-refractivity contribution in [1.82, 2.24) is 9.55 Å². The number of hydrogen-bond acceptors (Lipinski definition) is 5. The standard InChI is InChI=1S/C23H24F3N3O3S/c1-9-16(15-7-12-11(13(27)8-30)3-2-4-14(12)33-15)19(24)17(21(25)26)18-20(9)29(10-5-6-10)23(32)28-22(18)31/h7,10-11,13,21,30H,2-6,8,27H2,1H3,(H,28,31,32). The number of aliphatic hydroxyl groups is 1. The second-order valence-corrected chi connectivity index (χ2v) is 10.1. The lowest BCUT2D eigenvalue weighted by atomic mass is 9.82. The molecule has 0 bridgehead atoms. The molecule has 4 N–H and O–H groups in total. The predicted molar refractivity (Wildman–Crippen MR) is 121 cm³/mol. The first-order valence-corrected chi connectivity index (χ1v) is 11.8. The largest absolute Gasteiger partial charge is 0.395 e. The van der Waals surface area contributed by atoms with E-state index in [2.05, 4.69) is 4.98 Å². The first kappa shape index (κ1) is 22.4. The normalized spacial score (nSPS) is 19.3. The molecule has 0 aliphatic heterocycles. The number of nitrogens with one attached hydrogen (secondary N) is 1. The van der Waals surface area contributed by atoms with Crippen molar-refractivity contribution in [3.05, 3.63) is 54.3 Å². The number of aromatic amines is 1. The third-order valence-corrected chi connectivity index (χ3v) is 8.09. The van der Waals surface area contributed by atoms with Crippen LogP contribution in [-0.4, -0.2) is 27.3 Å². The van der Waals surface area contributed by atoms with E-state index in [1.165, 1.54) is 15.9 Å². The lowest BCUT2D eigenvalue weighted by molar-refractivity contribution is 0.148. The van der Waals surface area contributed by atoms with E-state index in [4.69, 9.17) is 5.73 Å². The Labute approximate surface area is 190 Å². The molecule has 2 unspecified atom stereocenters. The molecule has 3 aromatic rings. The maximum absolute atomic E-state index is 15.7. The summed E-state index contributed by atoms with van der Waals surface area (Å²) in [5, 5.41) is 9.09. The van der Waals surface area contributed by atoms with Gasteiger partial charge in [-0.2, -0.15) is 0 Å². The molecule has 10 heteroatoms. The summed E-state index contributed by atoms with van der Waals surface area (Å²) in [5.74, 6) is -1.24. The molecular weight excluding hydrogens is 455 g/mol. The van der Waals surface area contributed by atoms with Gasteiger partial charge in [-0.15, -0.1) is 11.3 Å². The van der Waals surface area contributed by atoms with Crippen LogP contribution in [0.1, 0.15) is 65.6 Å². The lowest BCUT2D eigenvalue weighted by Gasteiger charge is -2.26. The summed E-state index contributed by atoms with van der Waals surface area (Å²) < 4.78 is 45.3. The zero-order chi connectivity index (χ0) is 23.6. The van der Waals surface area contributed by atoms with E-state index >= 15 is 4.39 Å². The van der Waals surface area contributed by atoms with Gasteiger partial charge in [-0.25, -0.2) is 18.0 Å². The molecule has 1 fully saturated rings. The number of nitrogens with two attached hydrogens (primary N) is 1. The van der Waals surface area contributed by atoms with Crippen LogP contribution < -0.4 is 17.0 Å². The summed E-state index contributed by atoms with van der Waals surface area (Å²) >= 11 is 1.32. The van der Waals surface area contributed by atoms with Gasteiger partial charge in [0.1, 0.15) is 5.82 Å². The third-order valence-electron chi connectivity index (χ3n) is 6.86. The minimum atomic E-state index is -3.23. The first-order valence-electron chi connectivity index (χ1n) is 11.0. The Kier molecular flexibility index (Phi) is 5.49. The van der Waals surface area contributed by atoms with Gasteiger partial charge in [-0.1, -0.05) is 0 Å². The van der Waals surface area contributed by atoms with E-state index in [0.717, 1.165) is 29.7 Å². The second-order valence-electron chi connectivity index (χ2n) is 8.95. The van der Waals surface area contributed by atoms with E-state index in [9.17, 15) is 23.5 Å². The monoisotopic (exact) mass is 479 g/mol. The number of H-pyrrole nitrogens is 1. The van der Waals surface area contributed by atoms with Gasteiger partial charge in [0.2, 0.25) is 0 Å². The van der Waals surface area contributed by atoms with Gasteiger partial charge in [0.05, 0.1) is 23.1 Å². The third kappa shape index (κ3) is 3.46. The highest BCUT2D eigenvalue weighted by molar-refractivity contribution is 7.15. The van der Waals surface area contributed by atoms with Gasteiger partial charge in [-0.3, -0.25) is 14.3 Å². The number of hydrogen-bond donors (Lipinski definition) is 3. The number of aryl methyl sites for hydroxylation is 2. The summed E-state index contributed by atoms with van der Waals surface area (Å²) in [5.41, 5.74) is 4.73. The molecule has 2 aromatic heterocycles. The second kappa shape index (κ2) is 8.11. The van der Waals surface area contributed by atoms with E-state index in [1.54, 1.807) is 13.0 Å². The van der Waals surface area contributed by atoms with Crippen molar-refractivity contribution in [1.29, 1.82) is 0 Å². The predicted octanol–water partition coefficient (Wildman–Crippen LogP) is 3.88. The van der Waals surface area contributed by atoms with Crippen molar-refractivity contribution in [2.75, 3.05) is 6.61 Å². The van der Waals surface area contributed by atoms with Crippen LogP contribution in [0, 0.1) is 12.7 Å². The summed E-state index contributed by atoms with van der Waals surface area (Å²) in [7, 11) is 0. The molecule has 2 heterocycles. The number of aliphatic hydroxyl groups excluding tert-OH is 1. The van der Waals surface area contributed by atoms with Crippen LogP contribution in [0.5, 0.6) is 0 Å². The van der Waals surface area contributed by atoms with Crippen molar-refractivity contribution >= 4 is 22.2 Å². The molecule has 33 heavy (non-hydrogen) atoms. The number of aromatic nitrogens is 2. The first-order chi connectivity index (χ1) is 15.7. The van der Waals surface area contributed by atoms with Crippen LogP contribution in [0.3, 0.4) is 0 Å². The van der Waals surface area contributed by atoms with Gasteiger partial charge in [0.15, 0.2) is 0 Å². The van der Waals surface area contributed by atoms with E-state index in [0.29, 0.717) is 23.3 Å². The molecule has 1 saturated carbocycles. The van der Waals surface area contributed by atoms with Crippen molar-refractivity contribution in [2.45, 2.75) is 63.5 Å². The number of alkyl halides is 2. The summed E-state index contributed by atoms with van der Waals surface area (Å²) in [4.78, 5) is 28.7. The summed E-state index contributed by atoms with van der Waals surface area (Å²) in [6.07, 6.45) is 0.545. The average Bonchev–Trinajstić information content (AvgIpc) is 3.51. The molecule has 0 amide bonds. The fourth-order valence-corrected chi connectivity index (χ4v) is 6.53. The van der Waals surface area contributed by atoms with Crippen LogP contribution in [0.15, 0.2) is 15.7 Å². The number of thiophene rings is 1. The number of fused-ring (bicyclic) bond motifs is 2. The zero-order valence-electron chi connectivity index (χ0n) is 18.0. The van der Waals surface area contributed by atoms with Crippen molar-refractivity contribution in [3.8, 4) is 10.4 Å². The molecule has 0 saturated heterocycles. The maximum Gasteiger partial charge on any atom is 0.329 e. The molecule has 5 rings (SSSR count). The maximum atomic E-state index is 15.7. The Bertz CT molecular complexity index is 1370. The fraction of sp³-hybridized carbons (Fsp3) is 0.478. The molecular formula is C23H24F3N3O3S. The summed E-state index contributed by atoms with van der Waals surface area (Å²) in [6, 6.07) is 1.10. The van der Waals surface area contributed by atoms with Gasteiger partial charge >= 0.3 is 5.69 Å². The molecule has 2 atom stereocenters. The fourth-order valence-electron chi connectivity index (χ4n) is 5.16. The lowest BCUT2D eigenvalue weighted by Crippen LogP contribution is -2.33. The van der Waals surface area contributed by atoms with E-state index in [1.807, 2.05) is 0 Å². The van der Waals surface area contributed by atoms with Crippen LogP contribution in [0.4, 0.5) is 13.2 Å². The highest BCUT2D eigenvalue weighted by Gasteiger charge is 2.34. The summed E-state index contributed by atoms with van der Waals surface area (Å²) in [6.45, 7) is 1.38. The molecule has 176 valence electrons. The quantitative estimate of drug-likeness (QED) is 0.517. The smallest absolute Gasteiger partial charge is 0.329 e. The molecule has 2 aliphatic carbocycles. The molecule has 2 aliphatic rings. The van der Waals surface area contributed by atoms with E-state index < -0.39 is 40.5 Å². The number of rotatable bonds is 5. The number of nitrogens with zero attached hydrogens (tertiary/aromatic N) is 1. The Morgan fingerprint density at radius 1 is 1.30 bits per heavy atom. The minimum Gasteiger partial charge on any atom is -0.395 e. The van der Waals surface area contributed by atoms with E-state index in [-0.39, 0.29) is 29.6 Å². The number of halogens is 3. The topological polar surface area (TPSA) is 101 Å². The minimum absolute atomic E-state index is 0.00656. The molecule has 6 nitrogen and oxygen atoms in total. The van der Waals surface area contributed by atoms with Gasteiger partial charge in [0, 0.05) is 33.3 Å². The van der Waals surface area contributed by atoms with Gasteiger partial charge in [0.25, 0.3) is 12.0 Å². The Hall–Kier alpha value is -2.43. The van der Waals surface area contributed by atoms with Crippen molar-refractivity contribution in [3.63, 3.8) is 0 Å². The molecule has 1 aromatic carbocycles. The van der Waals surface area contributed by atoms with Crippen LogP contribution in [0.25, 0.3) is 21.3 Å². The Balaban J connectivity index is 1.84. The zero-order valence-corrected chi connectivity index (χ0v) is 18.8. The SMILES string of the molecule is Cc1c(-c2cc3c(s2)CCCC3C(N)CO)c(F)c(C(F)F)c2c(=O)[nH]c(=O)n(C3CC3)c12. The molecule has 0 radical (unpaired) electrons. The van der Waals surface area contributed by atoms with Crippen molar-refractivity contribution < 1.29 is 18.3 Å². The number of benzene rings is 1. The van der Waals surface area contributed by atoms with Crippen LogP contribution >= 0.6 is 11.3 Å². The molecule has 0 spiro atoms. The van der Waals surface area contributed by atoms with Gasteiger partial charge < -0.3 is 10.8 Å². The highest BCUT2D eigenvalue weighted by Crippen LogP contribution is 2.47. The van der Waals surface area contributed by atoms with Crippen molar-refractivity contribution in [2.24, 2.45) is 5.73 Å². The average molecular weight is 480 g/mol.